The van der Waals surface area contributed by atoms with Gasteiger partial charge in [-0.25, -0.2) is 8.96 Å². The number of thiophene rings is 1. The average molecular weight is 292 g/mol. The summed E-state index contributed by atoms with van der Waals surface area (Å²) in [5.74, 6) is -0.461. The largest absolute Gasteiger partial charge is 0.331 e. The minimum atomic E-state index is -0.461. The van der Waals surface area contributed by atoms with E-state index >= 15 is 0 Å². The summed E-state index contributed by atoms with van der Waals surface area (Å²) in [7, 11) is 0. The lowest BCUT2D eigenvalue weighted by Crippen LogP contribution is -2.21. The Morgan fingerprint density at radius 1 is 1.37 bits per heavy atom. The highest BCUT2D eigenvalue weighted by atomic mass is 32.1. The fourth-order valence-electron chi connectivity index (χ4n) is 2.05. The number of para-hydroxylation sites is 1. The van der Waals surface area contributed by atoms with E-state index in [0.29, 0.717) is 15.8 Å². The van der Waals surface area contributed by atoms with Crippen molar-refractivity contribution in [2.75, 3.05) is 0 Å². The van der Waals surface area contributed by atoms with Crippen molar-refractivity contribution >= 4 is 33.8 Å². The first-order valence-corrected chi connectivity index (χ1v) is 6.86. The standard InChI is InChI=1S/C13H9FN2OS2/c1-7-3-2-4-8(14)10(7)16-12(17)11-9(5-6-19-11)15-13(16)18/h2-6H,1H3,(H,15,18). The highest BCUT2D eigenvalue weighted by Gasteiger charge is 2.13. The Morgan fingerprint density at radius 2 is 2.16 bits per heavy atom. The Balaban J connectivity index is 2.50. The predicted octanol–water partition coefficient (Wildman–Crippen LogP) is 3.56. The van der Waals surface area contributed by atoms with Gasteiger partial charge in [0.25, 0.3) is 5.56 Å². The normalized spacial score (nSPS) is 11.1. The van der Waals surface area contributed by atoms with Crippen LogP contribution in [0.1, 0.15) is 5.56 Å². The third-order valence-corrected chi connectivity index (χ3v) is 4.11. The summed E-state index contributed by atoms with van der Waals surface area (Å²) in [4.78, 5) is 15.4. The van der Waals surface area contributed by atoms with Crippen molar-refractivity contribution in [1.82, 2.24) is 9.55 Å². The Hall–Kier alpha value is -1.79. The second-order valence-corrected chi connectivity index (χ2v) is 5.44. The summed E-state index contributed by atoms with van der Waals surface area (Å²) in [6.45, 7) is 1.75. The molecule has 0 spiro atoms. The Labute approximate surface area is 117 Å². The van der Waals surface area contributed by atoms with Crippen LogP contribution in [-0.4, -0.2) is 9.55 Å². The van der Waals surface area contributed by atoms with E-state index in [1.54, 1.807) is 30.5 Å². The van der Waals surface area contributed by atoms with Gasteiger partial charge in [-0.05, 0) is 42.2 Å². The second-order valence-electron chi connectivity index (χ2n) is 4.14. The SMILES string of the molecule is Cc1cccc(F)c1-n1c(=S)[nH]c2ccsc2c1=O. The summed E-state index contributed by atoms with van der Waals surface area (Å²) >= 11 is 6.49. The van der Waals surface area contributed by atoms with E-state index in [2.05, 4.69) is 4.98 Å². The number of hydrogen-bond acceptors (Lipinski definition) is 3. The smallest absolute Gasteiger partial charge is 0.276 e. The van der Waals surface area contributed by atoms with Gasteiger partial charge in [0.15, 0.2) is 4.77 Å². The van der Waals surface area contributed by atoms with Crippen LogP contribution in [0, 0.1) is 17.5 Å². The highest BCUT2D eigenvalue weighted by molar-refractivity contribution is 7.71. The van der Waals surface area contributed by atoms with Gasteiger partial charge in [-0.1, -0.05) is 12.1 Å². The summed E-state index contributed by atoms with van der Waals surface area (Å²) < 4.78 is 16.0. The number of nitrogens with one attached hydrogen (secondary N) is 1. The van der Waals surface area contributed by atoms with Gasteiger partial charge in [-0.15, -0.1) is 11.3 Å². The van der Waals surface area contributed by atoms with Gasteiger partial charge < -0.3 is 4.98 Å². The van der Waals surface area contributed by atoms with E-state index in [1.165, 1.54) is 22.0 Å². The number of aromatic amines is 1. The molecule has 1 aromatic carbocycles. The molecule has 3 nitrogen and oxygen atoms in total. The number of halogens is 1. The van der Waals surface area contributed by atoms with Gasteiger partial charge in [0.05, 0.1) is 11.2 Å². The average Bonchev–Trinajstić information content (AvgIpc) is 2.81. The Kier molecular flexibility index (Phi) is 2.83. The van der Waals surface area contributed by atoms with Crippen molar-refractivity contribution in [1.29, 1.82) is 0 Å². The molecule has 0 aliphatic rings. The molecule has 19 heavy (non-hydrogen) atoms. The van der Waals surface area contributed by atoms with E-state index in [-0.39, 0.29) is 16.0 Å². The number of aromatic nitrogens is 2. The maximum Gasteiger partial charge on any atom is 0.276 e. The van der Waals surface area contributed by atoms with Crippen molar-refractivity contribution in [3.8, 4) is 5.69 Å². The predicted molar refractivity (Wildman–Crippen MR) is 77.3 cm³/mol. The van der Waals surface area contributed by atoms with E-state index in [4.69, 9.17) is 12.2 Å². The monoisotopic (exact) mass is 292 g/mol. The van der Waals surface area contributed by atoms with Crippen molar-refractivity contribution in [3.63, 3.8) is 0 Å². The van der Waals surface area contributed by atoms with Crippen LogP contribution in [0.15, 0.2) is 34.4 Å². The molecule has 0 atom stereocenters. The fourth-order valence-corrected chi connectivity index (χ4v) is 3.11. The molecule has 0 bridgehead atoms. The number of fused-ring (bicyclic) bond motifs is 1. The molecule has 0 radical (unpaired) electrons. The molecular weight excluding hydrogens is 283 g/mol. The molecule has 96 valence electrons. The fraction of sp³-hybridized carbons (Fsp3) is 0.0769. The van der Waals surface area contributed by atoms with Gasteiger partial charge in [0.2, 0.25) is 0 Å². The summed E-state index contributed by atoms with van der Waals surface area (Å²) in [6, 6.07) is 6.46. The number of rotatable bonds is 1. The molecule has 0 aliphatic carbocycles. The molecule has 3 aromatic rings. The third kappa shape index (κ3) is 1.84. The molecule has 2 heterocycles. The molecule has 2 aromatic heterocycles. The minimum absolute atomic E-state index is 0.198. The zero-order valence-corrected chi connectivity index (χ0v) is 11.6. The number of hydrogen-bond donors (Lipinski definition) is 1. The van der Waals surface area contributed by atoms with Crippen molar-refractivity contribution in [2.24, 2.45) is 0 Å². The summed E-state index contributed by atoms with van der Waals surface area (Å²) in [6.07, 6.45) is 0. The number of aryl methyl sites for hydroxylation is 1. The maximum absolute atomic E-state index is 14.0. The lowest BCUT2D eigenvalue weighted by Gasteiger charge is -2.10. The molecule has 6 heteroatoms. The van der Waals surface area contributed by atoms with Gasteiger partial charge in [-0.2, -0.15) is 0 Å². The van der Waals surface area contributed by atoms with Gasteiger partial charge >= 0.3 is 0 Å². The molecule has 0 fully saturated rings. The van der Waals surface area contributed by atoms with Crippen LogP contribution in [0.25, 0.3) is 15.9 Å². The highest BCUT2D eigenvalue weighted by Crippen LogP contribution is 2.20. The summed E-state index contributed by atoms with van der Waals surface area (Å²) in [5, 5.41) is 1.80. The first-order chi connectivity index (χ1) is 9.09. The van der Waals surface area contributed by atoms with E-state index < -0.39 is 5.82 Å². The van der Waals surface area contributed by atoms with Gasteiger partial charge in [0, 0.05) is 0 Å². The molecule has 0 saturated heterocycles. The van der Waals surface area contributed by atoms with Crippen LogP contribution in [-0.2, 0) is 0 Å². The van der Waals surface area contributed by atoms with Crippen LogP contribution < -0.4 is 5.56 Å². The zero-order chi connectivity index (χ0) is 13.6. The second kappa shape index (κ2) is 4.40. The van der Waals surface area contributed by atoms with E-state index in [9.17, 15) is 9.18 Å². The van der Waals surface area contributed by atoms with Gasteiger partial charge in [0.1, 0.15) is 10.5 Å². The van der Waals surface area contributed by atoms with Crippen LogP contribution >= 0.6 is 23.6 Å². The molecule has 1 N–H and O–H groups in total. The molecule has 0 unspecified atom stereocenters. The van der Waals surface area contributed by atoms with Crippen LogP contribution in [0.2, 0.25) is 0 Å². The molecule has 3 rings (SSSR count). The molecular formula is C13H9FN2OS2. The first kappa shape index (κ1) is 12.3. The Morgan fingerprint density at radius 3 is 2.89 bits per heavy atom. The number of nitrogens with zero attached hydrogens (tertiary/aromatic N) is 1. The quantitative estimate of drug-likeness (QED) is 0.696. The molecule has 0 amide bonds. The van der Waals surface area contributed by atoms with Gasteiger partial charge in [-0.3, -0.25) is 4.79 Å². The van der Waals surface area contributed by atoms with Crippen molar-refractivity contribution in [2.45, 2.75) is 6.92 Å². The van der Waals surface area contributed by atoms with E-state index in [0.717, 1.165) is 0 Å². The number of benzene rings is 1. The number of H-pyrrole nitrogens is 1. The van der Waals surface area contributed by atoms with Crippen LogP contribution in [0.5, 0.6) is 0 Å². The Bertz CT molecular complexity index is 871. The minimum Gasteiger partial charge on any atom is -0.331 e. The van der Waals surface area contributed by atoms with Crippen molar-refractivity contribution < 1.29 is 4.39 Å². The lowest BCUT2D eigenvalue weighted by molar-refractivity contribution is 0.613. The topological polar surface area (TPSA) is 37.8 Å². The molecule has 0 saturated carbocycles. The van der Waals surface area contributed by atoms with E-state index in [1.807, 2.05) is 0 Å². The molecule has 0 aliphatic heterocycles. The first-order valence-electron chi connectivity index (χ1n) is 5.57. The third-order valence-electron chi connectivity index (χ3n) is 2.92. The maximum atomic E-state index is 14.0. The van der Waals surface area contributed by atoms with Crippen LogP contribution in [0.3, 0.4) is 0 Å². The lowest BCUT2D eigenvalue weighted by atomic mass is 10.2. The summed E-state index contributed by atoms with van der Waals surface area (Å²) in [5.41, 5.74) is 1.27. The zero-order valence-electron chi connectivity index (χ0n) is 9.94. The van der Waals surface area contributed by atoms with Crippen molar-refractivity contribution in [3.05, 3.63) is 56.2 Å². The van der Waals surface area contributed by atoms with Crippen LogP contribution in [0.4, 0.5) is 4.39 Å².